The minimum atomic E-state index is -0.730. The van der Waals surface area contributed by atoms with E-state index >= 15 is 0 Å². The van der Waals surface area contributed by atoms with Gasteiger partial charge in [-0.3, -0.25) is 9.36 Å². The Kier molecular flexibility index (Phi) is 4.70. The first-order chi connectivity index (χ1) is 13.2. The third kappa shape index (κ3) is 3.41. The minimum Gasteiger partial charge on any atom is -0.382 e. The molecule has 4 atom stereocenters. The maximum Gasteiger partial charge on any atom is 0.218 e. The predicted molar refractivity (Wildman–Crippen MR) is 98.8 cm³/mol. The molecule has 4 N–H and O–H groups in total. The Hall–Kier alpha value is -2.34. The highest BCUT2D eigenvalue weighted by molar-refractivity contribution is 5.81. The molecule has 2 aromatic heterocycles. The SMILES string of the molecule is CN(CCC(N)=O)C[C@H]1O[C@@H](n2cnc3c(N)ncnc32)[C@@H]2OC(C)(C)O[C@@H]21. The van der Waals surface area contributed by atoms with Crippen LogP contribution in [0.2, 0.25) is 0 Å². The van der Waals surface area contributed by atoms with Gasteiger partial charge in [0.25, 0.3) is 0 Å². The topological polar surface area (TPSA) is 144 Å². The number of rotatable bonds is 6. The molecule has 0 bridgehead atoms. The smallest absolute Gasteiger partial charge is 0.218 e. The van der Waals surface area contributed by atoms with Crippen LogP contribution in [-0.4, -0.2) is 74.6 Å². The zero-order valence-electron chi connectivity index (χ0n) is 16.1. The zero-order chi connectivity index (χ0) is 20.1. The van der Waals surface area contributed by atoms with Gasteiger partial charge in [-0.15, -0.1) is 0 Å². The zero-order valence-corrected chi connectivity index (χ0v) is 16.1. The number of hydrogen-bond donors (Lipinski definition) is 2. The molecule has 0 aliphatic carbocycles. The second-order valence-corrected chi connectivity index (χ2v) is 7.69. The van der Waals surface area contributed by atoms with Gasteiger partial charge in [0.2, 0.25) is 5.91 Å². The van der Waals surface area contributed by atoms with Crippen LogP contribution in [-0.2, 0) is 19.0 Å². The number of ether oxygens (including phenoxy) is 3. The van der Waals surface area contributed by atoms with E-state index < -0.39 is 12.0 Å². The number of nitrogens with two attached hydrogens (primary N) is 2. The van der Waals surface area contributed by atoms with Crippen molar-refractivity contribution in [2.45, 2.75) is 50.6 Å². The Morgan fingerprint density at radius 3 is 2.79 bits per heavy atom. The third-order valence-electron chi connectivity index (χ3n) is 5.02. The number of carbonyl (C=O) groups excluding carboxylic acids is 1. The summed E-state index contributed by atoms with van der Waals surface area (Å²) in [6.45, 7) is 4.86. The summed E-state index contributed by atoms with van der Waals surface area (Å²) in [7, 11) is 1.91. The third-order valence-corrected chi connectivity index (χ3v) is 5.02. The summed E-state index contributed by atoms with van der Waals surface area (Å²) in [6.07, 6.45) is 1.97. The number of amides is 1. The molecule has 152 valence electrons. The molecular formula is C17H25N7O4. The lowest BCUT2D eigenvalue weighted by molar-refractivity contribution is -0.197. The van der Waals surface area contributed by atoms with Crippen molar-refractivity contribution in [2.75, 3.05) is 25.9 Å². The normalized spacial score (nSPS) is 28.9. The number of primary amides is 1. The van der Waals surface area contributed by atoms with Gasteiger partial charge in [0.1, 0.15) is 30.2 Å². The highest BCUT2D eigenvalue weighted by Gasteiger charge is 2.56. The Balaban J connectivity index is 1.59. The van der Waals surface area contributed by atoms with Crippen LogP contribution in [0.15, 0.2) is 12.7 Å². The molecule has 11 nitrogen and oxygen atoms in total. The van der Waals surface area contributed by atoms with Gasteiger partial charge in [0, 0.05) is 19.5 Å². The van der Waals surface area contributed by atoms with E-state index in [9.17, 15) is 4.79 Å². The largest absolute Gasteiger partial charge is 0.382 e. The first kappa shape index (κ1) is 19.0. The number of nitrogens with zero attached hydrogens (tertiary/aromatic N) is 5. The van der Waals surface area contributed by atoms with Gasteiger partial charge < -0.3 is 30.6 Å². The van der Waals surface area contributed by atoms with Crippen molar-refractivity contribution in [2.24, 2.45) is 5.73 Å². The summed E-state index contributed by atoms with van der Waals surface area (Å²) in [5, 5.41) is 0. The van der Waals surface area contributed by atoms with Crippen LogP contribution in [0.25, 0.3) is 11.2 Å². The van der Waals surface area contributed by atoms with Crippen LogP contribution in [0.3, 0.4) is 0 Å². The Bertz CT molecular complexity index is 886. The fraction of sp³-hybridized carbons (Fsp3) is 0.647. The number of carbonyl (C=O) groups is 1. The molecular weight excluding hydrogens is 366 g/mol. The summed E-state index contributed by atoms with van der Waals surface area (Å²) in [6, 6.07) is 0. The number of imidazole rings is 1. The summed E-state index contributed by atoms with van der Waals surface area (Å²) >= 11 is 0. The summed E-state index contributed by atoms with van der Waals surface area (Å²) in [4.78, 5) is 25.7. The summed E-state index contributed by atoms with van der Waals surface area (Å²) < 4.78 is 20.4. The van der Waals surface area contributed by atoms with Crippen molar-refractivity contribution in [1.82, 2.24) is 24.4 Å². The number of aromatic nitrogens is 4. The Morgan fingerprint density at radius 1 is 1.29 bits per heavy atom. The van der Waals surface area contributed by atoms with Crippen LogP contribution >= 0.6 is 0 Å². The molecule has 4 rings (SSSR count). The Labute approximate surface area is 162 Å². The quantitative estimate of drug-likeness (QED) is 0.674. The molecule has 0 radical (unpaired) electrons. The van der Waals surface area contributed by atoms with E-state index in [0.29, 0.717) is 30.1 Å². The maximum absolute atomic E-state index is 11.1. The average molecular weight is 391 g/mol. The van der Waals surface area contributed by atoms with Crippen LogP contribution in [0.5, 0.6) is 0 Å². The van der Waals surface area contributed by atoms with Crippen LogP contribution in [0.4, 0.5) is 5.82 Å². The van der Waals surface area contributed by atoms with Gasteiger partial charge in [-0.1, -0.05) is 0 Å². The molecule has 0 spiro atoms. The number of anilines is 1. The fourth-order valence-electron chi connectivity index (χ4n) is 3.79. The number of hydrogen-bond acceptors (Lipinski definition) is 9. The second kappa shape index (κ2) is 6.92. The van der Waals surface area contributed by atoms with Gasteiger partial charge in [-0.05, 0) is 20.9 Å². The Morgan fingerprint density at radius 2 is 2.04 bits per heavy atom. The standard InChI is InChI=1S/C17H25N7O4/c1-17(2)27-12-9(6-23(3)5-4-10(18)25)26-16(13(12)28-17)24-8-22-11-14(19)20-7-21-15(11)24/h7-9,12-13,16H,4-6H2,1-3H3,(H2,18,25)(H2,19,20,21)/t9-,12-,13-,16-/m1/s1. The molecule has 0 unspecified atom stereocenters. The van der Waals surface area contributed by atoms with Gasteiger partial charge >= 0.3 is 0 Å². The van der Waals surface area contributed by atoms with Crippen molar-refractivity contribution >= 4 is 22.9 Å². The van der Waals surface area contributed by atoms with Crippen LogP contribution in [0, 0.1) is 0 Å². The van der Waals surface area contributed by atoms with Gasteiger partial charge in [-0.2, -0.15) is 0 Å². The van der Waals surface area contributed by atoms with E-state index in [4.69, 9.17) is 25.7 Å². The lowest BCUT2D eigenvalue weighted by Gasteiger charge is -2.27. The van der Waals surface area contributed by atoms with Crippen molar-refractivity contribution < 1.29 is 19.0 Å². The van der Waals surface area contributed by atoms with Crippen LogP contribution < -0.4 is 11.5 Å². The predicted octanol–water partition coefficient (Wildman–Crippen LogP) is -0.367. The van der Waals surface area contributed by atoms with Crippen molar-refractivity contribution in [3.8, 4) is 0 Å². The first-order valence-corrected chi connectivity index (χ1v) is 9.16. The monoisotopic (exact) mass is 391 g/mol. The average Bonchev–Trinajstić information content (AvgIpc) is 3.26. The maximum atomic E-state index is 11.1. The number of likely N-dealkylation sites (N-methyl/N-ethyl adjacent to an activating group) is 1. The van der Waals surface area contributed by atoms with Crippen molar-refractivity contribution in [3.05, 3.63) is 12.7 Å². The lowest BCUT2D eigenvalue weighted by Crippen LogP contribution is -2.39. The van der Waals surface area contributed by atoms with Crippen LogP contribution in [0.1, 0.15) is 26.5 Å². The molecule has 2 fully saturated rings. The highest BCUT2D eigenvalue weighted by atomic mass is 16.8. The molecule has 2 aliphatic heterocycles. The van der Waals surface area contributed by atoms with Crippen molar-refractivity contribution in [3.63, 3.8) is 0 Å². The van der Waals surface area contributed by atoms with Gasteiger partial charge in [0.05, 0.1) is 6.33 Å². The van der Waals surface area contributed by atoms with Crippen molar-refractivity contribution in [1.29, 1.82) is 0 Å². The fourth-order valence-corrected chi connectivity index (χ4v) is 3.79. The van der Waals surface area contributed by atoms with E-state index in [1.165, 1.54) is 6.33 Å². The van der Waals surface area contributed by atoms with E-state index in [1.807, 2.05) is 25.8 Å². The molecule has 2 saturated heterocycles. The van der Waals surface area contributed by atoms with E-state index in [0.717, 1.165) is 0 Å². The molecule has 0 saturated carbocycles. The summed E-state index contributed by atoms with van der Waals surface area (Å²) in [5.74, 6) is -0.755. The lowest BCUT2D eigenvalue weighted by atomic mass is 10.1. The molecule has 28 heavy (non-hydrogen) atoms. The first-order valence-electron chi connectivity index (χ1n) is 9.16. The van der Waals surface area contributed by atoms with E-state index in [2.05, 4.69) is 15.0 Å². The summed E-state index contributed by atoms with van der Waals surface area (Å²) in [5.41, 5.74) is 12.2. The van der Waals surface area contributed by atoms with Gasteiger partial charge in [-0.25, -0.2) is 15.0 Å². The molecule has 11 heteroatoms. The number of fused-ring (bicyclic) bond motifs is 2. The van der Waals surface area contributed by atoms with E-state index in [-0.39, 0.29) is 30.6 Å². The molecule has 2 aliphatic rings. The second-order valence-electron chi connectivity index (χ2n) is 7.69. The molecule has 1 amide bonds. The van der Waals surface area contributed by atoms with E-state index in [1.54, 1.807) is 10.9 Å². The molecule has 4 heterocycles. The molecule has 0 aromatic carbocycles. The highest BCUT2D eigenvalue weighted by Crippen LogP contribution is 2.43. The minimum absolute atomic E-state index is 0.258. The number of nitrogen functional groups attached to an aromatic ring is 1. The molecule has 2 aromatic rings. The van der Waals surface area contributed by atoms with Gasteiger partial charge in [0.15, 0.2) is 23.5 Å².